The van der Waals surface area contributed by atoms with Gasteiger partial charge in [0.2, 0.25) is 0 Å². The maximum Gasteiger partial charge on any atom is 0.255 e. The lowest BCUT2D eigenvalue weighted by Crippen LogP contribution is -2.12. The van der Waals surface area contributed by atoms with E-state index in [1.165, 1.54) is 0 Å². The summed E-state index contributed by atoms with van der Waals surface area (Å²) >= 11 is 6.32. The Labute approximate surface area is 163 Å². The molecule has 5 nitrogen and oxygen atoms in total. The number of ether oxygens (including phenoxy) is 1. The molecule has 27 heavy (non-hydrogen) atoms. The Hall–Kier alpha value is -3.05. The Balaban J connectivity index is 1.69. The van der Waals surface area contributed by atoms with Crippen LogP contribution in [0.5, 0.6) is 5.75 Å². The van der Waals surface area contributed by atoms with E-state index in [-0.39, 0.29) is 5.91 Å². The largest absolute Gasteiger partial charge is 0.497 e. The molecule has 0 aliphatic heterocycles. The van der Waals surface area contributed by atoms with Gasteiger partial charge < -0.3 is 15.4 Å². The van der Waals surface area contributed by atoms with E-state index in [2.05, 4.69) is 21.7 Å². The minimum Gasteiger partial charge on any atom is -0.497 e. The van der Waals surface area contributed by atoms with Gasteiger partial charge in [0.1, 0.15) is 11.6 Å². The number of pyridine rings is 1. The Morgan fingerprint density at radius 2 is 1.81 bits per heavy atom. The number of rotatable bonds is 5. The van der Waals surface area contributed by atoms with Crippen LogP contribution in [0.1, 0.15) is 21.5 Å². The van der Waals surface area contributed by atoms with Crippen LogP contribution in [0.15, 0.2) is 54.7 Å². The Morgan fingerprint density at radius 1 is 1.07 bits per heavy atom. The van der Waals surface area contributed by atoms with Crippen molar-refractivity contribution in [2.24, 2.45) is 0 Å². The molecule has 0 saturated heterocycles. The lowest BCUT2D eigenvalue weighted by atomic mass is 10.1. The molecule has 0 aliphatic rings. The van der Waals surface area contributed by atoms with Gasteiger partial charge in [-0.2, -0.15) is 0 Å². The average molecular weight is 382 g/mol. The number of carbonyl (C=O) groups is 1. The molecule has 0 atom stereocenters. The van der Waals surface area contributed by atoms with Crippen LogP contribution in [0.2, 0.25) is 5.02 Å². The second kappa shape index (κ2) is 8.10. The predicted octanol–water partition coefficient (Wildman–Crippen LogP) is 5.36. The van der Waals surface area contributed by atoms with Crippen LogP contribution in [0.3, 0.4) is 0 Å². The van der Waals surface area contributed by atoms with Crippen molar-refractivity contribution in [1.82, 2.24) is 4.98 Å². The van der Waals surface area contributed by atoms with Crippen LogP contribution in [0.4, 0.5) is 17.2 Å². The number of amides is 1. The molecule has 2 aromatic carbocycles. The highest BCUT2D eigenvalue weighted by molar-refractivity contribution is 6.33. The maximum absolute atomic E-state index is 12.3. The normalized spacial score (nSPS) is 10.4. The van der Waals surface area contributed by atoms with Crippen molar-refractivity contribution < 1.29 is 9.53 Å². The van der Waals surface area contributed by atoms with Crippen molar-refractivity contribution in [2.45, 2.75) is 13.8 Å². The topological polar surface area (TPSA) is 63.2 Å². The Kier molecular flexibility index (Phi) is 5.62. The molecular formula is C21H20ClN3O2. The lowest BCUT2D eigenvalue weighted by Gasteiger charge is -2.12. The molecule has 1 aromatic heterocycles. The van der Waals surface area contributed by atoms with E-state index in [1.807, 2.05) is 19.9 Å². The molecule has 0 spiro atoms. The van der Waals surface area contributed by atoms with E-state index in [9.17, 15) is 4.79 Å². The third-order valence-corrected chi connectivity index (χ3v) is 4.36. The highest BCUT2D eigenvalue weighted by atomic mass is 35.5. The minimum absolute atomic E-state index is 0.211. The quantitative estimate of drug-likeness (QED) is 0.624. The fourth-order valence-electron chi connectivity index (χ4n) is 2.69. The number of aryl methyl sites for hydroxylation is 2. The third kappa shape index (κ3) is 4.57. The molecule has 138 valence electrons. The van der Waals surface area contributed by atoms with Crippen molar-refractivity contribution in [2.75, 3.05) is 17.7 Å². The number of aromatic nitrogens is 1. The van der Waals surface area contributed by atoms with Gasteiger partial charge in [-0.25, -0.2) is 4.98 Å². The predicted molar refractivity (Wildman–Crippen MR) is 109 cm³/mol. The van der Waals surface area contributed by atoms with Crippen molar-refractivity contribution in [3.63, 3.8) is 0 Å². The summed E-state index contributed by atoms with van der Waals surface area (Å²) < 4.78 is 5.09. The first kappa shape index (κ1) is 18.7. The van der Waals surface area contributed by atoms with Gasteiger partial charge in [0.05, 0.1) is 29.7 Å². The highest BCUT2D eigenvalue weighted by Gasteiger charge is 2.09. The number of hydrogen-bond acceptors (Lipinski definition) is 4. The van der Waals surface area contributed by atoms with Crippen LogP contribution >= 0.6 is 11.6 Å². The summed E-state index contributed by atoms with van der Waals surface area (Å²) in [4.78, 5) is 16.6. The van der Waals surface area contributed by atoms with E-state index >= 15 is 0 Å². The van der Waals surface area contributed by atoms with Gasteiger partial charge in [0.15, 0.2) is 0 Å². The highest BCUT2D eigenvalue weighted by Crippen LogP contribution is 2.29. The summed E-state index contributed by atoms with van der Waals surface area (Å²) in [5.74, 6) is 1.14. The van der Waals surface area contributed by atoms with E-state index in [0.29, 0.717) is 27.8 Å². The zero-order valence-corrected chi connectivity index (χ0v) is 16.1. The Bertz CT molecular complexity index is 931. The van der Waals surface area contributed by atoms with Crippen LogP contribution in [-0.4, -0.2) is 18.0 Å². The van der Waals surface area contributed by atoms with Gasteiger partial charge in [0.25, 0.3) is 5.91 Å². The number of anilines is 3. The summed E-state index contributed by atoms with van der Waals surface area (Å²) in [6.07, 6.45) is 1.60. The number of hydrogen-bond donors (Lipinski definition) is 2. The van der Waals surface area contributed by atoms with Crippen molar-refractivity contribution in [3.05, 3.63) is 76.4 Å². The van der Waals surface area contributed by atoms with Crippen LogP contribution < -0.4 is 15.4 Å². The number of carbonyl (C=O) groups excluding carboxylic acids is 1. The zero-order chi connectivity index (χ0) is 19.4. The second-order valence-corrected chi connectivity index (χ2v) is 6.59. The van der Waals surface area contributed by atoms with Gasteiger partial charge in [0, 0.05) is 5.56 Å². The van der Waals surface area contributed by atoms with Crippen LogP contribution in [0, 0.1) is 13.8 Å². The van der Waals surface area contributed by atoms with Crippen molar-refractivity contribution in [1.29, 1.82) is 0 Å². The smallest absolute Gasteiger partial charge is 0.255 e. The molecule has 3 rings (SSSR count). The molecule has 2 N–H and O–H groups in total. The molecule has 0 radical (unpaired) electrons. The summed E-state index contributed by atoms with van der Waals surface area (Å²) in [6.45, 7) is 3.99. The van der Waals surface area contributed by atoms with Crippen molar-refractivity contribution in [3.8, 4) is 5.75 Å². The van der Waals surface area contributed by atoms with Gasteiger partial charge >= 0.3 is 0 Å². The van der Waals surface area contributed by atoms with Crippen LogP contribution in [0.25, 0.3) is 0 Å². The molecule has 6 heteroatoms. The summed E-state index contributed by atoms with van der Waals surface area (Å²) in [5, 5.41) is 6.69. The van der Waals surface area contributed by atoms with Gasteiger partial charge in [-0.1, -0.05) is 17.7 Å². The monoisotopic (exact) mass is 381 g/mol. The number of nitrogens with one attached hydrogen (secondary N) is 2. The van der Waals surface area contributed by atoms with Gasteiger partial charge in [-0.15, -0.1) is 0 Å². The molecule has 1 amide bonds. The first-order valence-corrected chi connectivity index (χ1v) is 8.79. The summed E-state index contributed by atoms with van der Waals surface area (Å²) in [6, 6.07) is 14.4. The summed E-state index contributed by atoms with van der Waals surface area (Å²) in [7, 11) is 1.58. The second-order valence-electron chi connectivity index (χ2n) is 6.18. The molecule has 0 fully saturated rings. The molecule has 0 bridgehead atoms. The molecule has 1 heterocycles. The van der Waals surface area contributed by atoms with E-state index in [4.69, 9.17) is 16.3 Å². The summed E-state index contributed by atoms with van der Waals surface area (Å²) in [5.41, 5.74) is 4.12. The maximum atomic E-state index is 12.3. The number of halogens is 1. The van der Waals surface area contributed by atoms with E-state index in [1.54, 1.807) is 49.7 Å². The molecule has 3 aromatic rings. The minimum atomic E-state index is -0.211. The first-order chi connectivity index (χ1) is 13.0. The zero-order valence-electron chi connectivity index (χ0n) is 15.3. The lowest BCUT2D eigenvalue weighted by molar-refractivity contribution is 0.102. The SMILES string of the molecule is COc1ccc(C(=O)Nc2ccc(Nc3c(C)cc(C)cc3Cl)nc2)cc1. The molecule has 0 unspecified atom stereocenters. The molecule has 0 saturated carbocycles. The Morgan fingerprint density at radius 3 is 2.41 bits per heavy atom. The number of benzene rings is 2. The standard InChI is InChI=1S/C21H20ClN3O2/c1-13-10-14(2)20(18(22)11-13)25-19-9-6-16(12-23-19)24-21(26)15-4-7-17(27-3)8-5-15/h4-12H,1-3H3,(H,23,25)(H,24,26). The third-order valence-electron chi connectivity index (χ3n) is 4.06. The number of nitrogens with zero attached hydrogens (tertiary/aromatic N) is 1. The average Bonchev–Trinajstić information content (AvgIpc) is 2.66. The molecule has 0 aliphatic carbocycles. The van der Waals surface area contributed by atoms with Gasteiger partial charge in [-0.3, -0.25) is 4.79 Å². The number of methoxy groups -OCH3 is 1. The molecular weight excluding hydrogens is 362 g/mol. The van der Waals surface area contributed by atoms with Crippen molar-refractivity contribution >= 4 is 34.7 Å². The fraction of sp³-hybridized carbons (Fsp3) is 0.143. The van der Waals surface area contributed by atoms with E-state index < -0.39 is 0 Å². The van der Waals surface area contributed by atoms with E-state index in [0.717, 1.165) is 16.8 Å². The fourth-order valence-corrected chi connectivity index (χ4v) is 3.06. The van der Waals surface area contributed by atoms with Crippen LogP contribution in [-0.2, 0) is 0 Å². The van der Waals surface area contributed by atoms with Gasteiger partial charge in [-0.05, 0) is 67.4 Å². The first-order valence-electron chi connectivity index (χ1n) is 8.41.